The summed E-state index contributed by atoms with van der Waals surface area (Å²) in [7, 11) is 0. The summed E-state index contributed by atoms with van der Waals surface area (Å²) < 4.78 is 0. The normalized spacial score (nSPS) is 10.2. The molecule has 0 aliphatic carbocycles. The molecular formula is C17H19NO. The topological polar surface area (TPSA) is 29.1 Å². The quantitative estimate of drug-likeness (QED) is 0.805. The third-order valence-corrected chi connectivity index (χ3v) is 3.07. The van der Waals surface area contributed by atoms with Gasteiger partial charge < -0.3 is 5.32 Å². The van der Waals surface area contributed by atoms with Gasteiger partial charge in [0.1, 0.15) is 0 Å². The van der Waals surface area contributed by atoms with Crippen molar-refractivity contribution >= 4 is 5.91 Å². The number of carbonyl (C=O) groups excluding carboxylic acids is 1. The summed E-state index contributed by atoms with van der Waals surface area (Å²) >= 11 is 0. The van der Waals surface area contributed by atoms with E-state index in [-0.39, 0.29) is 5.91 Å². The second-order valence-electron chi connectivity index (χ2n) is 4.52. The molecule has 0 unspecified atom stereocenters. The van der Waals surface area contributed by atoms with Crippen LogP contribution in [0.25, 0.3) is 11.1 Å². The van der Waals surface area contributed by atoms with Crippen molar-refractivity contribution < 1.29 is 4.79 Å². The fraction of sp³-hybridized carbons (Fsp3) is 0.235. The van der Waals surface area contributed by atoms with Crippen LogP contribution >= 0.6 is 0 Å². The number of rotatable bonds is 5. The van der Waals surface area contributed by atoms with E-state index < -0.39 is 0 Å². The van der Waals surface area contributed by atoms with Crippen LogP contribution in [0.5, 0.6) is 0 Å². The molecular weight excluding hydrogens is 234 g/mol. The fourth-order valence-electron chi connectivity index (χ4n) is 2.02. The molecule has 0 heterocycles. The lowest BCUT2D eigenvalue weighted by molar-refractivity contribution is 0.0954. The average molecular weight is 253 g/mol. The first-order valence-corrected chi connectivity index (χ1v) is 6.75. The van der Waals surface area contributed by atoms with E-state index in [0.717, 1.165) is 36.1 Å². The molecule has 1 amide bonds. The van der Waals surface area contributed by atoms with Gasteiger partial charge in [-0.25, -0.2) is 0 Å². The van der Waals surface area contributed by atoms with Gasteiger partial charge in [-0.05, 0) is 23.6 Å². The second-order valence-corrected chi connectivity index (χ2v) is 4.52. The van der Waals surface area contributed by atoms with E-state index in [1.54, 1.807) is 0 Å². The van der Waals surface area contributed by atoms with Gasteiger partial charge in [0.2, 0.25) is 0 Å². The molecule has 0 aromatic heterocycles. The molecule has 0 spiro atoms. The van der Waals surface area contributed by atoms with Crippen LogP contribution in [-0.4, -0.2) is 12.5 Å². The van der Waals surface area contributed by atoms with Crippen LogP contribution in [0, 0.1) is 0 Å². The predicted molar refractivity (Wildman–Crippen MR) is 79.1 cm³/mol. The number of nitrogens with one attached hydrogen (secondary N) is 1. The third-order valence-electron chi connectivity index (χ3n) is 3.07. The van der Waals surface area contributed by atoms with Crippen LogP contribution in [0.4, 0.5) is 0 Å². The molecule has 1 N–H and O–H groups in total. The lowest BCUT2D eigenvalue weighted by Crippen LogP contribution is -2.24. The standard InChI is InChI=1S/C17H19NO/c1-2-3-13-18-17(19)16-12-8-7-11-15(16)14-9-5-4-6-10-14/h4-12H,2-3,13H2,1H3,(H,18,19). The Bertz CT molecular complexity index is 534. The van der Waals surface area contributed by atoms with E-state index in [1.165, 1.54) is 0 Å². The SMILES string of the molecule is CCCCNC(=O)c1ccccc1-c1ccccc1. The van der Waals surface area contributed by atoms with E-state index in [4.69, 9.17) is 0 Å². The Morgan fingerprint density at radius 1 is 1.00 bits per heavy atom. The molecule has 0 bridgehead atoms. The van der Waals surface area contributed by atoms with Crippen LogP contribution in [0.3, 0.4) is 0 Å². The zero-order valence-corrected chi connectivity index (χ0v) is 11.2. The van der Waals surface area contributed by atoms with Crippen molar-refractivity contribution in [3.8, 4) is 11.1 Å². The minimum Gasteiger partial charge on any atom is -0.352 e. The molecule has 0 saturated heterocycles. The molecule has 0 aliphatic rings. The molecule has 0 fully saturated rings. The van der Waals surface area contributed by atoms with Gasteiger partial charge in [0, 0.05) is 12.1 Å². The van der Waals surface area contributed by atoms with Gasteiger partial charge in [-0.1, -0.05) is 61.9 Å². The lowest BCUT2D eigenvalue weighted by Gasteiger charge is -2.10. The van der Waals surface area contributed by atoms with Gasteiger partial charge in [-0.3, -0.25) is 4.79 Å². The third kappa shape index (κ3) is 3.44. The molecule has 19 heavy (non-hydrogen) atoms. The van der Waals surface area contributed by atoms with Crippen molar-refractivity contribution in [2.75, 3.05) is 6.54 Å². The first-order valence-electron chi connectivity index (χ1n) is 6.75. The average Bonchev–Trinajstić information content (AvgIpc) is 2.48. The van der Waals surface area contributed by atoms with Crippen molar-refractivity contribution in [3.05, 3.63) is 60.2 Å². The Hall–Kier alpha value is -2.09. The number of benzene rings is 2. The van der Waals surface area contributed by atoms with Crippen molar-refractivity contribution in [2.45, 2.75) is 19.8 Å². The molecule has 2 aromatic rings. The van der Waals surface area contributed by atoms with Gasteiger partial charge in [-0.15, -0.1) is 0 Å². The Morgan fingerprint density at radius 3 is 2.42 bits per heavy atom. The van der Waals surface area contributed by atoms with Crippen molar-refractivity contribution in [2.24, 2.45) is 0 Å². The Balaban J connectivity index is 2.24. The first kappa shape index (κ1) is 13.3. The Labute approximate surface area is 114 Å². The molecule has 0 aliphatic heterocycles. The minimum absolute atomic E-state index is 0.00732. The fourth-order valence-corrected chi connectivity index (χ4v) is 2.02. The number of unbranched alkanes of at least 4 members (excludes halogenated alkanes) is 1. The molecule has 2 heteroatoms. The summed E-state index contributed by atoms with van der Waals surface area (Å²) in [6, 6.07) is 17.7. The summed E-state index contributed by atoms with van der Waals surface area (Å²) in [6.45, 7) is 2.85. The summed E-state index contributed by atoms with van der Waals surface area (Å²) in [5.41, 5.74) is 2.80. The van der Waals surface area contributed by atoms with Crippen molar-refractivity contribution in [1.82, 2.24) is 5.32 Å². The maximum absolute atomic E-state index is 12.2. The molecule has 0 saturated carbocycles. The first-order chi connectivity index (χ1) is 9.33. The lowest BCUT2D eigenvalue weighted by atomic mass is 9.99. The van der Waals surface area contributed by atoms with E-state index in [1.807, 2.05) is 54.6 Å². The zero-order chi connectivity index (χ0) is 13.5. The number of carbonyl (C=O) groups is 1. The maximum atomic E-state index is 12.2. The predicted octanol–water partition coefficient (Wildman–Crippen LogP) is 3.88. The highest BCUT2D eigenvalue weighted by molar-refractivity contribution is 6.00. The van der Waals surface area contributed by atoms with Crippen LogP contribution in [0.1, 0.15) is 30.1 Å². The summed E-state index contributed by atoms with van der Waals surface area (Å²) in [6.07, 6.45) is 2.10. The largest absolute Gasteiger partial charge is 0.352 e. The van der Waals surface area contributed by atoms with Crippen LogP contribution in [0.15, 0.2) is 54.6 Å². The molecule has 0 radical (unpaired) electrons. The Morgan fingerprint density at radius 2 is 1.68 bits per heavy atom. The summed E-state index contributed by atoms with van der Waals surface area (Å²) in [4.78, 5) is 12.2. The van der Waals surface area contributed by atoms with Gasteiger partial charge in [-0.2, -0.15) is 0 Å². The zero-order valence-electron chi connectivity index (χ0n) is 11.2. The summed E-state index contributed by atoms with van der Waals surface area (Å²) in [5, 5.41) is 2.97. The maximum Gasteiger partial charge on any atom is 0.251 e. The molecule has 2 rings (SSSR count). The monoisotopic (exact) mass is 253 g/mol. The van der Waals surface area contributed by atoms with Crippen LogP contribution < -0.4 is 5.32 Å². The second kappa shape index (κ2) is 6.74. The Kier molecular flexibility index (Phi) is 4.73. The minimum atomic E-state index is 0.00732. The summed E-state index contributed by atoms with van der Waals surface area (Å²) in [5.74, 6) is 0.00732. The van der Waals surface area contributed by atoms with Gasteiger partial charge in [0.05, 0.1) is 0 Å². The van der Waals surface area contributed by atoms with Crippen molar-refractivity contribution in [1.29, 1.82) is 0 Å². The number of hydrogen-bond donors (Lipinski definition) is 1. The van der Waals surface area contributed by atoms with Crippen LogP contribution in [0.2, 0.25) is 0 Å². The molecule has 98 valence electrons. The highest BCUT2D eigenvalue weighted by atomic mass is 16.1. The van der Waals surface area contributed by atoms with Gasteiger partial charge in [0.15, 0.2) is 0 Å². The van der Waals surface area contributed by atoms with E-state index >= 15 is 0 Å². The highest BCUT2D eigenvalue weighted by Gasteiger charge is 2.11. The number of hydrogen-bond acceptors (Lipinski definition) is 1. The van der Waals surface area contributed by atoms with E-state index in [9.17, 15) is 4.79 Å². The number of amides is 1. The molecule has 2 aromatic carbocycles. The van der Waals surface area contributed by atoms with Crippen molar-refractivity contribution in [3.63, 3.8) is 0 Å². The van der Waals surface area contributed by atoms with E-state index in [0.29, 0.717) is 0 Å². The van der Waals surface area contributed by atoms with Gasteiger partial charge in [0.25, 0.3) is 5.91 Å². The van der Waals surface area contributed by atoms with Crippen LogP contribution in [-0.2, 0) is 0 Å². The van der Waals surface area contributed by atoms with E-state index in [2.05, 4.69) is 12.2 Å². The van der Waals surface area contributed by atoms with Gasteiger partial charge >= 0.3 is 0 Å². The molecule has 0 atom stereocenters. The highest BCUT2D eigenvalue weighted by Crippen LogP contribution is 2.23. The smallest absolute Gasteiger partial charge is 0.251 e. The molecule has 2 nitrogen and oxygen atoms in total.